The molecule has 0 aliphatic rings. The van der Waals surface area contributed by atoms with Crippen LogP contribution in [-0.2, 0) is 10.3 Å². The molecule has 0 bridgehead atoms. The minimum atomic E-state index is -1.10. The Morgan fingerprint density at radius 3 is 2.63 bits per heavy atom. The molecule has 3 N–H and O–H groups in total. The van der Waals surface area contributed by atoms with Gasteiger partial charge in [0.05, 0.1) is 11.9 Å². The number of aryl methyl sites for hydroxylation is 1. The SMILES string of the molecule is Cc1ccccc1NC(C)(C(N)=O)c1cnccn1. The van der Waals surface area contributed by atoms with Gasteiger partial charge in [-0.25, -0.2) is 0 Å². The second-order valence-corrected chi connectivity index (χ2v) is 4.52. The van der Waals surface area contributed by atoms with Crippen molar-refractivity contribution >= 4 is 11.6 Å². The number of para-hydroxylation sites is 1. The largest absolute Gasteiger partial charge is 0.367 e. The normalized spacial score (nSPS) is 13.6. The monoisotopic (exact) mass is 256 g/mol. The first-order valence-corrected chi connectivity index (χ1v) is 5.94. The molecule has 0 radical (unpaired) electrons. The molecule has 5 heteroatoms. The number of carbonyl (C=O) groups excluding carboxylic acids is 1. The summed E-state index contributed by atoms with van der Waals surface area (Å²) in [6, 6.07) is 7.69. The fourth-order valence-corrected chi connectivity index (χ4v) is 1.79. The van der Waals surface area contributed by atoms with Crippen molar-refractivity contribution in [2.75, 3.05) is 5.32 Å². The number of nitrogens with one attached hydrogen (secondary N) is 1. The molecule has 5 nitrogen and oxygen atoms in total. The van der Waals surface area contributed by atoms with Gasteiger partial charge >= 0.3 is 0 Å². The van der Waals surface area contributed by atoms with Crippen molar-refractivity contribution < 1.29 is 4.79 Å². The van der Waals surface area contributed by atoms with Crippen LogP contribution in [0.4, 0.5) is 5.69 Å². The first kappa shape index (κ1) is 13.0. The summed E-state index contributed by atoms with van der Waals surface area (Å²) in [7, 11) is 0. The molecule has 0 saturated heterocycles. The van der Waals surface area contributed by atoms with Crippen LogP contribution in [-0.4, -0.2) is 15.9 Å². The quantitative estimate of drug-likeness (QED) is 0.870. The van der Waals surface area contributed by atoms with Gasteiger partial charge in [0.25, 0.3) is 0 Å². The summed E-state index contributed by atoms with van der Waals surface area (Å²) in [4.78, 5) is 20.0. The Morgan fingerprint density at radius 1 is 1.32 bits per heavy atom. The lowest BCUT2D eigenvalue weighted by Crippen LogP contribution is -2.46. The van der Waals surface area contributed by atoms with Gasteiger partial charge in [0.2, 0.25) is 5.91 Å². The number of hydrogen-bond donors (Lipinski definition) is 2. The first-order chi connectivity index (χ1) is 9.04. The molecule has 0 aliphatic carbocycles. The van der Waals surface area contributed by atoms with E-state index in [2.05, 4.69) is 15.3 Å². The molecule has 98 valence electrons. The van der Waals surface area contributed by atoms with E-state index in [1.807, 2.05) is 31.2 Å². The number of nitrogens with zero attached hydrogens (tertiary/aromatic N) is 2. The Labute approximate surface area is 111 Å². The van der Waals surface area contributed by atoms with Crippen LogP contribution in [0.2, 0.25) is 0 Å². The van der Waals surface area contributed by atoms with Crippen LogP contribution in [0.1, 0.15) is 18.2 Å². The van der Waals surface area contributed by atoms with Gasteiger partial charge in [-0.05, 0) is 25.5 Å². The minimum Gasteiger partial charge on any atom is -0.367 e. The minimum absolute atomic E-state index is 0.491. The Hall–Kier alpha value is -2.43. The Bertz CT molecular complexity index is 585. The van der Waals surface area contributed by atoms with Gasteiger partial charge in [-0.15, -0.1) is 0 Å². The average Bonchev–Trinajstić information content (AvgIpc) is 2.42. The van der Waals surface area contributed by atoms with Gasteiger partial charge in [-0.2, -0.15) is 0 Å². The molecule has 1 atom stereocenters. The topological polar surface area (TPSA) is 80.9 Å². The van der Waals surface area contributed by atoms with Crippen LogP contribution >= 0.6 is 0 Å². The van der Waals surface area contributed by atoms with Crippen molar-refractivity contribution in [3.05, 3.63) is 54.1 Å². The molecular weight excluding hydrogens is 240 g/mol. The van der Waals surface area contributed by atoms with Crippen LogP contribution in [0.25, 0.3) is 0 Å². The van der Waals surface area contributed by atoms with Gasteiger partial charge in [0, 0.05) is 18.1 Å². The number of aromatic nitrogens is 2. The molecule has 1 amide bonds. The molecule has 1 aromatic carbocycles. The van der Waals surface area contributed by atoms with Crippen molar-refractivity contribution in [2.24, 2.45) is 5.73 Å². The molecule has 2 rings (SSSR count). The maximum absolute atomic E-state index is 11.8. The predicted molar refractivity (Wildman–Crippen MR) is 73.4 cm³/mol. The lowest BCUT2D eigenvalue weighted by atomic mass is 9.96. The van der Waals surface area contributed by atoms with Crippen molar-refractivity contribution in [3.8, 4) is 0 Å². The summed E-state index contributed by atoms with van der Waals surface area (Å²) < 4.78 is 0. The van der Waals surface area contributed by atoms with Crippen LogP contribution in [0, 0.1) is 6.92 Å². The van der Waals surface area contributed by atoms with Crippen molar-refractivity contribution in [1.82, 2.24) is 9.97 Å². The maximum atomic E-state index is 11.8. The smallest absolute Gasteiger partial charge is 0.249 e. The zero-order chi connectivity index (χ0) is 13.9. The molecule has 0 spiro atoms. The Balaban J connectivity index is 2.42. The lowest BCUT2D eigenvalue weighted by molar-refractivity contribution is -0.122. The van der Waals surface area contributed by atoms with E-state index in [1.165, 1.54) is 12.4 Å². The third-order valence-electron chi connectivity index (χ3n) is 3.10. The second-order valence-electron chi connectivity index (χ2n) is 4.52. The molecule has 1 unspecified atom stereocenters. The van der Waals surface area contributed by atoms with Crippen molar-refractivity contribution in [2.45, 2.75) is 19.4 Å². The molecular formula is C14H16N4O. The Kier molecular flexibility index (Phi) is 3.46. The van der Waals surface area contributed by atoms with E-state index < -0.39 is 11.4 Å². The van der Waals surface area contributed by atoms with Gasteiger partial charge in [0.15, 0.2) is 5.54 Å². The van der Waals surface area contributed by atoms with E-state index in [0.29, 0.717) is 5.69 Å². The number of nitrogens with two attached hydrogens (primary N) is 1. The fourth-order valence-electron chi connectivity index (χ4n) is 1.79. The summed E-state index contributed by atoms with van der Waals surface area (Å²) in [5.41, 5.74) is 6.80. The highest BCUT2D eigenvalue weighted by Crippen LogP contribution is 2.25. The second kappa shape index (κ2) is 5.06. The van der Waals surface area contributed by atoms with Crippen LogP contribution in [0.5, 0.6) is 0 Å². The number of anilines is 1. The van der Waals surface area contributed by atoms with Crippen molar-refractivity contribution in [1.29, 1.82) is 0 Å². The van der Waals surface area contributed by atoms with E-state index in [-0.39, 0.29) is 0 Å². The highest BCUT2D eigenvalue weighted by molar-refractivity contribution is 5.88. The molecule has 19 heavy (non-hydrogen) atoms. The lowest BCUT2D eigenvalue weighted by Gasteiger charge is -2.28. The van der Waals surface area contributed by atoms with Crippen molar-refractivity contribution in [3.63, 3.8) is 0 Å². The number of primary amides is 1. The number of benzene rings is 1. The number of rotatable bonds is 4. The maximum Gasteiger partial charge on any atom is 0.249 e. The number of carbonyl (C=O) groups is 1. The molecule has 0 saturated carbocycles. The highest BCUT2D eigenvalue weighted by Gasteiger charge is 2.35. The molecule has 0 aliphatic heterocycles. The summed E-state index contributed by atoms with van der Waals surface area (Å²) in [5, 5.41) is 3.16. The Morgan fingerprint density at radius 2 is 2.05 bits per heavy atom. The van der Waals surface area contributed by atoms with Gasteiger partial charge in [-0.1, -0.05) is 18.2 Å². The summed E-state index contributed by atoms with van der Waals surface area (Å²) in [5.74, 6) is -0.503. The van der Waals surface area contributed by atoms with Gasteiger partial charge in [0.1, 0.15) is 0 Å². The van der Waals surface area contributed by atoms with Gasteiger partial charge < -0.3 is 11.1 Å². The standard InChI is InChI=1S/C14H16N4O/c1-10-5-3-4-6-11(10)18-14(2,13(15)19)12-9-16-7-8-17-12/h3-9,18H,1-2H3,(H2,15,19). The predicted octanol–water partition coefficient (Wildman–Crippen LogP) is 1.60. The van der Waals surface area contributed by atoms with E-state index in [4.69, 9.17) is 5.73 Å². The molecule has 2 aromatic rings. The third-order valence-corrected chi connectivity index (χ3v) is 3.10. The summed E-state index contributed by atoms with van der Waals surface area (Å²) in [6.07, 6.45) is 4.63. The third kappa shape index (κ3) is 2.54. The van der Waals surface area contributed by atoms with E-state index >= 15 is 0 Å². The zero-order valence-electron chi connectivity index (χ0n) is 10.9. The van der Waals surface area contributed by atoms with E-state index in [1.54, 1.807) is 13.1 Å². The molecule has 0 fully saturated rings. The van der Waals surface area contributed by atoms with Crippen LogP contribution < -0.4 is 11.1 Å². The summed E-state index contributed by atoms with van der Waals surface area (Å²) in [6.45, 7) is 3.66. The molecule has 1 heterocycles. The van der Waals surface area contributed by atoms with E-state index in [0.717, 1.165) is 11.3 Å². The number of hydrogen-bond acceptors (Lipinski definition) is 4. The fraction of sp³-hybridized carbons (Fsp3) is 0.214. The zero-order valence-corrected chi connectivity index (χ0v) is 10.9. The van der Waals surface area contributed by atoms with E-state index in [9.17, 15) is 4.79 Å². The van der Waals surface area contributed by atoms with Crippen LogP contribution in [0.15, 0.2) is 42.9 Å². The number of amides is 1. The van der Waals surface area contributed by atoms with Crippen LogP contribution in [0.3, 0.4) is 0 Å². The summed E-state index contributed by atoms with van der Waals surface area (Å²) >= 11 is 0. The molecule has 1 aromatic heterocycles. The highest BCUT2D eigenvalue weighted by atomic mass is 16.1. The average molecular weight is 256 g/mol. The van der Waals surface area contributed by atoms with Gasteiger partial charge in [-0.3, -0.25) is 14.8 Å². The first-order valence-electron chi connectivity index (χ1n) is 5.94.